The van der Waals surface area contributed by atoms with Crippen LogP contribution in [0.15, 0.2) is 23.5 Å². The summed E-state index contributed by atoms with van der Waals surface area (Å²) in [5, 5.41) is 9.58. The van der Waals surface area contributed by atoms with Crippen molar-refractivity contribution >= 4 is 5.82 Å². The third-order valence-electron chi connectivity index (χ3n) is 2.93. The summed E-state index contributed by atoms with van der Waals surface area (Å²) >= 11 is 0. The third kappa shape index (κ3) is 2.24. The summed E-state index contributed by atoms with van der Waals surface area (Å²) in [5.41, 5.74) is -0.0439. The number of nitrogens with one attached hydrogen (secondary N) is 2. The number of anilines is 1. The third-order valence-corrected chi connectivity index (χ3v) is 2.93. The fourth-order valence-electron chi connectivity index (χ4n) is 1.84. The Hall–Kier alpha value is -2.18. The highest BCUT2D eigenvalue weighted by Gasteiger charge is 2.25. The maximum atomic E-state index is 12.0. The highest BCUT2D eigenvalue weighted by molar-refractivity contribution is 5.31. The molecule has 94 valence electrons. The number of hydrogen-bond acceptors (Lipinski definition) is 5. The van der Waals surface area contributed by atoms with Crippen LogP contribution >= 0.6 is 0 Å². The quantitative estimate of drug-likeness (QED) is 0.794. The molecular weight excluding hydrogens is 232 g/mol. The summed E-state index contributed by atoms with van der Waals surface area (Å²) in [7, 11) is 0. The number of aromatic nitrogens is 5. The van der Waals surface area contributed by atoms with Gasteiger partial charge in [-0.05, 0) is 12.8 Å². The minimum atomic E-state index is -0.0439. The first-order valence-corrected chi connectivity index (χ1v) is 6.00. The van der Waals surface area contributed by atoms with Crippen LogP contribution in [0, 0.1) is 0 Å². The number of hydrogen-bond donors (Lipinski definition) is 2. The van der Waals surface area contributed by atoms with Crippen molar-refractivity contribution in [2.45, 2.75) is 25.3 Å². The van der Waals surface area contributed by atoms with Crippen LogP contribution in [-0.2, 0) is 6.42 Å². The molecular formula is C11H14N6O. The summed E-state index contributed by atoms with van der Waals surface area (Å²) in [5.74, 6) is 1.20. The van der Waals surface area contributed by atoms with Crippen LogP contribution in [0.1, 0.15) is 24.7 Å². The van der Waals surface area contributed by atoms with Gasteiger partial charge in [0.15, 0.2) is 5.82 Å². The molecule has 0 aliphatic heterocycles. The normalized spacial score (nSPS) is 14.7. The zero-order chi connectivity index (χ0) is 12.4. The van der Waals surface area contributed by atoms with E-state index in [1.54, 1.807) is 17.0 Å². The number of aromatic amines is 1. The number of nitrogens with zero attached hydrogens (tertiary/aromatic N) is 4. The first kappa shape index (κ1) is 10.9. The average Bonchev–Trinajstić information content (AvgIpc) is 3.09. The molecule has 1 fully saturated rings. The van der Waals surface area contributed by atoms with Crippen molar-refractivity contribution in [2.24, 2.45) is 0 Å². The van der Waals surface area contributed by atoms with E-state index in [4.69, 9.17) is 0 Å². The van der Waals surface area contributed by atoms with Crippen LogP contribution in [0.3, 0.4) is 0 Å². The van der Waals surface area contributed by atoms with Gasteiger partial charge in [-0.25, -0.2) is 9.97 Å². The van der Waals surface area contributed by atoms with Crippen LogP contribution in [-0.4, -0.2) is 31.3 Å². The minimum Gasteiger partial charge on any atom is -0.365 e. The molecule has 0 atom stereocenters. The van der Waals surface area contributed by atoms with Gasteiger partial charge < -0.3 is 9.88 Å². The van der Waals surface area contributed by atoms with Crippen molar-refractivity contribution in [1.29, 1.82) is 0 Å². The Morgan fingerprint density at radius 1 is 1.44 bits per heavy atom. The summed E-state index contributed by atoms with van der Waals surface area (Å²) in [4.78, 5) is 20.1. The molecule has 3 rings (SSSR count). The van der Waals surface area contributed by atoms with Gasteiger partial charge in [0, 0.05) is 31.4 Å². The van der Waals surface area contributed by atoms with E-state index in [1.165, 1.54) is 6.33 Å². The molecule has 1 aliphatic rings. The zero-order valence-corrected chi connectivity index (χ0v) is 9.83. The summed E-state index contributed by atoms with van der Waals surface area (Å²) in [6.45, 7) is 0.603. The van der Waals surface area contributed by atoms with Crippen molar-refractivity contribution in [3.63, 3.8) is 0 Å². The molecule has 2 aromatic rings. The Morgan fingerprint density at radius 2 is 2.33 bits per heavy atom. The maximum absolute atomic E-state index is 12.0. The molecule has 0 amide bonds. The Labute approximate surface area is 103 Å². The molecule has 0 radical (unpaired) electrons. The fourth-order valence-corrected chi connectivity index (χ4v) is 1.84. The predicted octanol–water partition coefficient (Wildman–Crippen LogP) is 0.351. The molecule has 2 aromatic heterocycles. The van der Waals surface area contributed by atoms with Crippen LogP contribution in [0.5, 0.6) is 0 Å². The molecule has 2 N–H and O–H groups in total. The SMILES string of the molecule is O=c1c(NCCc2ncn[nH]2)nccn1C1CC1. The molecule has 0 aromatic carbocycles. The van der Waals surface area contributed by atoms with Gasteiger partial charge in [-0.15, -0.1) is 0 Å². The molecule has 2 heterocycles. The summed E-state index contributed by atoms with van der Waals surface area (Å²) in [6, 6.07) is 0.371. The second-order valence-corrected chi connectivity index (χ2v) is 4.33. The Morgan fingerprint density at radius 3 is 3.06 bits per heavy atom. The van der Waals surface area contributed by atoms with Gasteiger partial charge >= 0.3 is 0 Å². The average molecular weight is 246 g/mol. The maximum Gasteiger partial charge on any atom is 0.293 e. The predicted molar refractivity (Wildman–Crippen MR) is 65.3 cm³/mol. The molecule has 0 bridgehead atoms. The van der Waals surface area contributed by atoms with Crippen LogP contribution < -0.4 is 10.9 Å². The van der Waals surface area contributed by atoms with E-state index in [0.717, 1.165) is 18.7 Å². The lowest BCUT2D eigenvalue weighted by Gasteiger charge is -2.07. The van der Waals surface area contributed by atoms with Crippen LogP contribution in [0.25, 0.3) is 0 Å². The largest absolute Gasteiger partial charge is 0.365 e. The fraction of sp³-hybridized carbons (Fsp3) is 0.455. The lowest BCUT2D eigenvalue weighted by Crippen LogP contribution is -2.24. The number of rotatable bonds is 5. The molecule has 1 aliphatic carbocycles. The van der Waals surface area contributed by atoms with Crippen LogP contribution in [0.4, 0.5) is 5.82 Å². The lowest BCUT2D eigenvalue weighted by molar-refractivity contribution is 0.699. The minimum absolute atomic E-state index is 0.0439. The summed E-state index contributed by atoms with van der Waals surface area (Å²) < 4.78 is 1.75. The molecule has 7 nitrogen and oxygen atoms in total. The van der Waals surface area contributed by atoms with Crippen LogP contribution in [0.2, 0.25) is 0 Å². The van der Waals surface area contributed by atoms with Crippen molar-refractivity contribution < 1.29 is 0 Å². The van der Waals surface area contributed by atoms with Gasteiger partial charge in [0.1, 0.15) is 12.2 Å². The molecule has 7 heteroatoms. The zero-order valence-electron chi connectivity index (χ0n) is 9.83. The Kier molecular flexibility index (Phi) is 2.79. The first-order chi connectivity index (χ1) is 8.84. The highest BCUT2D eigenvalue weighted by Crippen LogP contribution is 2.33. The van der Waals surface area contributed by atoms with Crippen molar-refractivity contribution in [3.05, 3.63) is 34.9 Å². The second-order valence-electron chi connectivity index (χ2n) is 4.33. The second kappa shape index (κ2) is 4.59. The molecule has 0 unspecified atom stereocenters. The van der Waals surface area contributed by atoms with Gasteiger partial charge in [-0.2, -0.15) is 5.10 Å². The van der Waals surface area contributed by atoms with Crippen molar-refractivity contribution in [2.75, 3.05) is 11.9 Å². The van der Waals surface area contributed by atoms with Gasteiger partial charge in [0.2, 0.25) is 0 Å². The van der Waals surface area contributed by atoms with Crippen molar-refractivity contribution in [3.8, 4) is 0 Å². The monoisotopic (exact) mass is 246 g/mol. The van der Waals surface area contributed by atoms with Gasteiger partial charge in [0.25, 0.3) is 5.56 Å². The van der Waals surface area contributed by atoms with E-state index in [9.17, 15) is 4.79 Å². The summed E-state index contributed by atoms with van der Waals surface area (Å²) in [6.07, 6.45) is 7.73. The van der Waals surface area contributed by atoms with E-state index < -0.39 is 0 Å². The van der Waals surface area contributed by atoms with Gasteiger partial charge in [-0.3, -0.25) is 9.89 Å². The molecule has 0 saturated heterocycles. The van der Waals surface area contributed by atoms with E-state index in [2.05, 4.69) is 25.5 Å². The number of H-pyrrole nitrogens is 1. The Balaban J connectivity index is 1.65. The topological polar surface area (TPSA) is 88.5 Å². The highest BCUT2D eigenvalue weighted by atomic mass is 16.1. The van der Waals surface area contributed by atoms with E-state index in [1.807, 2.05) is 0 Å². The lowest BCUT2D eigenvalue weighted by atomic mass is 10.4. The van der Waals surface area contributed by atoms with E-state index in [0.29, 0.717) is 24.8 Å². The van der Waals surface area contributed by atoms with Crippen molar-refractivity contribution in [1.82, 2.24) is 24.7 Å². The molecule has 18 heavy (non-hydrogen) atoms. The van der Waals surface area contributed by atoms with Gasteiger partial charge in [0.05, 0.1) is 0 Å². The van der Waals surface area contributed by atoms with E-state index >= 15 is 0 Å². The standard InChI is InChI=1S/C11H14N6O/c18-11-10(12-4-3-9-14-7-15-16-9)13-5-6-17(11)8-1-2-8/h5-8H,1-4H2,(H,12,13)(H,14,15,16). The Bertz CT molecular complexity index is 571. The smallest absolute Gasteiger partial charge is 0.293 e. The van der Waals surface area contributed by atoms with Gasteiger partial charge in [-0.1, -0.05) is 0 Å². The first-order valence-electron chi connectivity index (χ1n) is 6.00. The van der Waals surface area contributed by atoms with E-state index in [-0.39, 0.29) is 5.56 Å². The molecule has 1 saturated carbocycles. The molecule has 0 spiro atoms.